The van der Waals surface area contributed by atoms with Crippen LogP contribution in [0.4, 0.5) is 5.95 Å². The lowest BCUT2D eigenvalue weighted by Gasteiger charge is -2.34. The summed E-state index contributed by atoms with van der Waals surface area (Å²) in [5, 5.41) is 0. The van der Waals surface area contributed by atoms with E-state index in [1.807, 2.05) is 38.7 Å². The zero-order valence-corrected chi connectivity index (χ0v) is 13.7. The van der Waals surface area contributed by atoms with E-state index in [1.54, 1.807) is 12.4 Å². The Balaban J connectivity index is 0.000000829. The normalized spacial score (nSPS) is 13.2. The van der Waals surface area contributed by atoms with Crippen molar-refractivity contribution < 1.29 is 0 Å². The summed E-state index contributed by atoms with van der Waals surface area (Å²) in [6.07, 6.45) is 8.78. The van der Waals surface area contributed by atoms with Gasteiger partial charge in [-0.05, 0) is 12.0 Å². The molecule has 0 aliphatic carbocycles. The van der Waals surface area contributed by atoms with Gasteiger partial charge in [0.2, 0.25) is 5.95 Å². The van der Waals surface area contributed by atoms with Crippen molar-refractivity contribution in [1.29, 1.82) is 0 Å². The molecule has 0 N–H and O–H groups in total. The zero-order valence-electron chi connectivity index (χ0n) is 12.8. The molecule has 4 nitrogen and oxygen atoms in total. The Bertz CT molecular complexity index is 406. The van der Waals surface area contributed by atoms with Gasteiger partial charge in [-0.25, -0.2) is 9.97 Å². The van der Waals surface area contributed by atoms with Crippen LogP contribution in [0.2, 0.25) is 0 Å². The van der Waals surface area contributed by atoms with Crippen LogP contribution >= 0.6 is 12.2 Å². The second-order valence-electron chi connectivity index (χ2n) is 3.47. The number of nitrogens with zero attached hydrogens (tertiary/aromatic N) is 4. The summed E-state index contributed by atoms with van der Waals surface area (Å²) in [5.74, 6) is 3.27. The Morgan fingerprint density at radius 1 is 1.10 bits per heavy atom. The van der Waals surface area contributed by atoms with Gasteiger partial charge in [0, 0.05) is 38.6 Å². The molecule has 1 aliphatic heterocycles. The van der Waals surface area contributed by atoms with Gasteiger partial charge < -0.3 is 9.80 Å². The van der Waals surface area contributed by atoms with Gasteiger partial charge in [0.15, 0.2) is 4.99 Å². The minimum Gasteiger partial charge on any atom is -0.352 e. The highest BCUT2D eigenvalue weighted by Crippen LogP contribution is 2.09. The van der Waals surface area contributed by atoms with Crippen LogP contribution in [0.5, 0.6) is 0 Å². The first-order valence-electron chi connectivity index (χ1n) is 7.09. The molecule has 0 radical (unpaired) electrons. The molecule has 1 aromatic rings. The van der Waals surface area contributed by atoms with Crippen molar-refractivity contribution >= 4 is 23.2 Å². The van der Waals surface area contributed by atoms with E-state index in [0.29, 0.717) is 4.99 Å². The lowest BCUT2D eigenvalue weighted by molar-refractivity contribution is 0.391. The first-order valence-corrected chi connectivity index (χ1v) is 7.49. The first-order chi connectivity index (χ1) is 9.81. The number of rotatable bonds is 1. The summed E-state index contributed by atoms with van der Waals surface area (Å²) in [6.45, 7) is 11.4. The highest BCUT2D eigenvalue weighted by atomic mass is 32.1. The van der Waals surface area contributed by atoms with E-state index in [0.717, 1.165) is 32.1 Å². The molecule has 0 atom stereocenters. The largest absolute Gasteiger partial charge is 0.352 e. The Morgan fingerprint density at radius 2 is 1.60 bits per heavy atom. The number of thiocarbonyl (C=S) groups is 1. The SMILES string of the molecule is C#CC(=S)N1CCN(c2ncccn2)CC1.CC.CC. The molecule has 2 rings (SSSR count). The van der Waals surface area contributed by atoms with E-state index in [-0.39, 0.29) is 0 Å². The highest BCUT2D eigenvalue weighted by molar-refractivity contribution is 7.80. The smallest absolute Gasteiger partial charge is 0.225 e. The molecular weight excluding hydrogens is 268 g/mol. The predicted molar refractivity (Wildman–Crippen MR) is 89.9 cm³/mol. The Kier molecular flexibility index (Phi) is 10.2. The minimum atomic E-state index is 0.591. The van der Waals surface area contributed by atoms with E-state index in [4.69, 9.17) is 18.6 Å². The van der Waals surface area contributed by atoms with E-state index in [1.165, 1.54) is 0 Å². The molecule has 2 heterocycles. The van der Waals surface area contributed by atoms with Crippen molar-refractivity contribution in [1.82, 2.24) is 14.9 Å². The summed E-state index contributed by atoms with van der Waals surface area (Å²) in [4.78, 5) is 13.2. The molecule has 0 amide bonds. The fourth-order valence-corrected chi connectivity index (χ4v) is 1.84. The summed E-state index contributed by atoms with van der Waals surface area (Å²) in [5.41, 5.74) is 0. The lowest BCUT2D eigenvalue weighted by Crippen LogP contribution is -2.48. The van der Waals surface area contributed by atoms with Gasteiger partial charge in [-0.1, -0.05) is 39.9 Å². The molecule has 0 spiro atoms. The van der Waals surface area contributed by atoms with Crippen molar-refractivity contribution in [2.24, 2.45) is 0 Å². The number of anilines is 1. The summed E-state index contributed by atoms with van der Waals surface area (Å²) in [7, 11) is 0. The van der Waals surface area contributed by atoms with Crippen LogP contribution in [0.25, 0.3) is 0 Å². The fraction of sp³-hybridized carbons (Fsp3) is 0.533. The maximum absolute atomic E-state index is 5.28. The van der Waals surface area contributed by atoms with Crippen molar-refractivity contribution in [2.45, 2.75) is 27.7 Å². The Labute approximate surface area is 128 Å². The highest BCUT2D eigenvalue weighted by Gasteiger charge is 2.19. The summed E-state index contributed by atoms with van der Waals surface area (Å²) < 4.78 is 0. The molecule has 1 saturated heterocycles. The molecule has 1 fully saturated rings. The third-order valence-corrected chi connectivity index (χ3v) is 2.90. The van der Waals surface area contributed by atoms with Crippen molar-refractivity contribution in [2.75, 3.05) is 31.1 Å². The molecular formula is C15H24N4S. The van der Waals surface area contributed by atoms with Crippen LogP contribution in [-0.4, -0.2) is 46.0 Å². The first kappa shape index (κ1) is 18.3. The fourth-order valence-electron chi connectivity index (χ4n) is 1.66. The summed E-state index contributed by atoms with van der Waals surface area (Å²) >= 11 is 5.07. The molecule has 110 valence electrons. The third kappa shape index (κ3) is 5.54. The van der Waals surface area contributed by atoms with E-state index < -0.39 is 0 Å². The van der Waals surface area contributed by atoms with Gasteiger partial charge >= 0.3 is 0 Å². The molecule has 0 unspecified atom stereocenters. The van der Waals surface area contributed by atoms with E-state index in [9.17, 15) is 0 Å². The maximum atomic E-state index is 5.28. The van der Waals surface area contributed by atoms with Crippen LogP contribution in [0.3, 0.4) is 0 Å². The average Bonchev–Trinajstić information content (AvgIpc) is 2.59. The monoisotopic (exact) mass is 292 g/mol. The predicted octanol–water partition coefficient (Wildman–Crippen LogP) is 2.61. The molecule has 0 saturated carbocycles. The van der Waals surface area contributed by atoms with Gasteiger partial charge in [-0.15, -0.1) is 6.42 Å². The average molecular weight is 292 g/mol. The van der Waals surface area contributed by atoms with Gasteiger partial charge in [0.25, 0.3) is 0 Å². The van der Waals surface area contributed by atoms with Crippen LogP contribution < -0.4 is 4.90 Å². The molecule has 20 heavy (non-hydrogen) atoms. The number of hydrogen-bond acceptors (Lipinski definition) is 4. The molecule has 1 aromatic heterocycles. The second-order valence-corrected chi connectivity index (χ2v) is 3.86. The molecule has 0 aromatic carbocycles. The lowest BCUT2D eigenvalue weighted by atomic mass is 10.3. The topological polar surface area (TPSA) is 32.3 Å². The van der Waals surface area contributed by atoms with Crippen molar-refractivity contribution in [3.63, 3.8) is 0 Å². The Hall–Kier alpha value is -1.67. The van der Waals surface area contributed by atoms with E-state index >= 15 is 0 Å². The molecule has 0 bridgehead atoms. The van der Waals surface area contributed by atoms with Crippen LogP contribution in [0.15, 0.2) is 18.5 Å². The van der Waals surface area contributed by atoms with Gasteiger partial charge in [-0.3, -0.25) is 0 Å². The van der Waals surface area contributed by atoms with Crippen LogP contribution in [0.1, 0.15) is 27.7 Å². The molecule has 1 aliphatic rings. The minimum absolute atomic E-state index is 0.591. The Morgan fingerprint density at radius 3 is 2.05 bits per heavy atom. The second kappa shape index (κ2) is 11.2. The number of terminal acetylenes is 1. The summed E-state index contributed by atoms with van der Waals surface area (Å²) in [6, 6.07) is 1.81. The zero-order chi connectivity index (χ0) is 15.4. The van der Waals surface area contributed by atoms with Gasteiger partial charge in [0.1, 0.15) is 0 Å². The quantitative estimate of drug-likeness (QED) is 0.587. The number of hydrogen-bond donors (Lipinski definition) is 0. The van der Waals surface area contributed by atoms with Gasteiger partial charge in [-0.2, -0.15) is 0 Å². The van der Waals surface area contributed by atoms with Crippen LogP contribution in [-0.2, 0) is 0 Å². The standard InChI is InChI=1S/C11H12N4S.2C2H6/c1-2-10(16)14-6-8-15(9-7-14)11-12-4-3-5-13-11;2*1-2/h1,3-5H,6-9H2;2*1-2H3. The van der Waals surface area contributed by atoms with Crippen molar-refractivity contribution in [3.8, 4) is 12.3 Å². The van der Waals surface area contributed by atoms with Crippen LogP contribution in [0, 0.1) is 12.3 Å². The van der Waals surface area contributed by atoms with Gasteiger partial charge in [0.05, 0.1) is 0 Å². The van der Waals surface area contributed by atoms with Crippen molar-refractivity contribution in [3.05, 3.63) is 18.5 Å². The van der Waals surface area contributed by atoms with E-state index in [2.05, 4.69) is 20.8 Å². The number of aromatic nitrogens is 2. The molecule has 5 heteroatoms. The maximum Gasteiger partial charge on any atom is 0.225 e. The third-order valence-electron chi connectivity index (χ3n) is 2.53. The number of piperazine rings is 1.